The molecule has 0 unspecified atom stereocenters. The highest BCUT2D eigenvalue weighted by atomic mass is 32.3. The molecule has 9 heteroatoms. The monoisotopic (exact) mass is 602 g/mol. The Balaban J connectivity index is -0.000000302. The lowest BCUT2D eigenvalue weighted by Crippen LogP contribution is -2.04. The van der Waals surface area contributed by atoms with Crippen molar-refractivity contribution in [1.82, 2.24) is 0 Å². The Hall–Kier alpha value is 0.872. The number of rotatable bonds is 28. The predicted octanol–water partition coefficient (Wildman–Crippen LogP) is 8.23. The number of aliphatic carboxylic acids is 1. The average Bonchev–Trinajstić information content (AvgIpc) is 2.84. The van der Waals surface area contributed by atoms with Gasteiger partial charge in [0.15, 0.2) is 0 Å². The third-order valence-corrected chi connectivity index (χ3v) is 7.19. The van der Waals surface area contributed by atoms with Gasteiger partial charge in [-0.1, -0.05) is 162 Å². The minimum Gasteiger partial charge on any atom is -0.481 e. The minimum atomic E-state index is -4.23. The van der Waals surface area contributed by atoms with Gasteiger partial charge < -0.3 is 5.11 Å². The highest BCUT2D eigenvalue weighted by Crippen LogP contribution is 2.14. The summed E-state index contributed by atoms with van der Waals surface area (Å²) in [7, 11) is -4.23. The van der Waals surface area contributed by atoms with Crippen LogP contribution in [0.4, 0.5) is 0 Å². The second-order valence-electron chi connectivity index (χ2n) is 10.5. The van der Waals surface area contributed by atoms with Crippen molar-refractivity contribution in [1.29, 1.82) is 0 Å². The third-order valence-electron chi connectivity index (χ3n) is 6.72. The Morgan fingerprint density at radius 1 is 0.513 bits per heavy atom. The molecule has 0 saturated heterocycles. The zero-order chi connectivity index (χ0) is 27.9. The molecule has 0 saturated carbocycles. The van der Waals surface area contributed by atoms with E-state index in [2.05, 4.69) is 18.0 Å². The second kappa shape index (κ2) is 38.9. The number of unbranched alkanes of at least 4 members (excludes halogenated alkanes) is 23. The van der Waals surface area contributed by atoms with Gasteiger partial charge >= 0.3 is 62.5 Å². The van der Waals surface area contributed by atoms with Gasteiger partial charge in [0.1, 0.15) is 0 Å². The van der Waals surface area contributed by atoms with Gasteiger partial charge in [-0.2, -0.15) is 8.42 Å². The summed E-state index contributed by atoms with van der Waals surface area (Å²) >= 11 is 0. The quantitative estimate of drug-likeness (QED) is 0.0531. The first-order valence-corrected chi connectivity index (χ1v) is 17.0. The maximum Gasteiger partial charge on any atom is 0.397 e. The van der Waals surface area contributed by atoms with Crippen molar-refractivity contribution in [3.05, 3.63) is 0 Å². The van der Waals surface area contributed by atoms with Crippen molar-refractivity contribution >= 4 is 62.5 Å². The topological polar surface area (TPSA) is 101 Å². The minimum absolute atomic E-state index is 0. The SMILES string of the molecule is CCCCCCCCCCCCCCCCCC(=O)O.CCCCCCCCCCCCOS(=O)(=O)O.[MgH2].[MgH2]. The highest BCUT2D eigenvalue weighted by molar-refractivity contribution is 7.80. The molecule has 0 bridgehead atoms. The first-order valence-electron chi connectivity index (χ1n) is 15.7. The molecule has 0 aliphatic heterocycles. The van der Waals surface area contributed by atoms with Crippen LogP contribution < -0.4 is 0 Å². The van der Waals surface area contributed by atoms with Gasteiger partial charge in [-0.15, -0.1) is 0 Å². The second-order valence-corrected chi connectivity index (χ2v) is 11.6. The lowest BCUT2D eigenvalue weighted by atomic mass is 10.0. The number of carboxylic acids is 1. The van der Waals surface area contributed by atoms with Crippen molar-refractivity contribution in [3.8, 4) is 0 Å². The van der Waals surface area contributed by atoms with Crippen LogP contribution in [0.2, 0.25) is 0 Å². The van der Waals surface area contributed by atoms with E-state index in [1.54, 1.807) is 0 Å². The molecule has 0 spiro atoms. The first kappa shape index (κ1) is 46.8. The number of hydrogen-bond donors (Lipinski definition) is 2. The molecular formula is C30H66Mg2O6S. The normalized spacial score (nSPS) is 10.7. The van der Waals surface area contributed by atoms with Gasteiger partial charge in [0.05, 0.1) is 6.61 Å². The van der Waals surface area contributed by atoms with Crippen molar-refractivity contribution in [2.24, 2.45) is 0 Å². The molecule has 0 heterocycles. The van der Waals surface area contributed by atoms with Crippen LogP contribution in [0.1, 0.15) is 181 Å². The van der Waals surface area contributed by atoms with Crippen LogP contribution in [0.5, 0.6) is 0 Å². The van der Waals surface area contributed by atoms with E-state index in [1.165, 1.54) is 128 Å². The Morgan fingerprint density at radius 2 is 0.769 bits per heavy atom. The van der Waals surface area contributed by atoms with E-state index >= 15 is 0 Å². The van der Waals surface area contributed by atoms with Crippen LogP contribution >= 0.6 is 0 Å². The smallest absolute Gasteiger partial charge is 0.397 e. The van der Waals surface area contributed by atoms with Crippen LogP contribution in [0, 0.1) is 0 Å². The zero-order valence-electron chi connectivity index (χ0n) is 24.5. The molecule has 6 nitrogen and oxygen atoms in total. The van der Waals surface area contributed by atoms with E-state index in [0.29, 0.717) is 12.8 Å². The van der Waals surface area contributed by atoms with Crippen molar-refractivity contribution in [3.63, 3.8) is 0 Å². The first-order chi connectivity index (χ1) is 17.8. The summed E-state index contributed by atoms with van der Waals surface area (Å²) in [6.07, 6.45) is 32.1. The van der Waals surface area contributed by atoms with Crippen LogP contribution in [0.25, 0.3) is 0 Å². The maximum absolute atomic E-state index is 10.3. The highest BCUT2D eigenvalue weighted by Gasteiger charge is 2.02. The fraction of sp³-hybridized carbons (Fsp3) is 0.967. The van der Waals surface area contributed by atoms with E-state index in [0.717, 1.165) is 25.7 Å². The summed E-state index contributed by atoms with van der Waals surface area (Å²) in [5.74, 6) is -0.653. The number of carbonyl (C=O) groups is 1. The zero-order valence-corrected chi connectivity index (χ0v) is 25.3. The summed E-state index contributed by atoms with van der Waals surface area (Å²) < 4.78 is 33.0. The van der Waals surface area contributed by atoms with Gasteiger partial charge in [-0.25, -0.2) is 4.18 Å². The Bertz CT molecular complexity index is 562. The van der Waals surface area contributed by atoms with Gasteiger partial charge in [-0.05, 0) is 12.8 Å². The molecule has 0 aliphatic rings. The van der Waals surface area contributed by atoms with Crippen LogP contribution in [-0.4, -0.2) is 76.8 Å². The molecule has 2 N–H and O–H groups in total. The Morgan fingerprint density at radius 3 is 1.03 bits per heavy atom. The summed E-state index contributed by atoms with van der Waals surface area (Å²) in [6.45, 7) is 4.58. The molecule has 0 atom stereocenters. The number of hydrogen-bond acceptors (Lipinski definition) is 4. The third kappa shape index (κ3) is 52.0. The molecule has 0 rings (SSSR count). The van der Waals surface area contributed by atoms with Gasteiger partial charge in [0, 0.05) is 6.42 Å². The Labute approximate surface area is 275 Å². The molecule has 232 valence electrons. The van der Waals surface area contributed by atoms with Crippen LogP contribution in [0.15, 0.2) is 0 Å². The molecule has 39 heavy (non-hydrogen) atoms. The maximum atomic E-state index is 10.3. The van der Waals surface area contributed by atoms with E-state index < -0.39 is 16.4 Å². The molecule has 0 fully saturated rings. The van der Waals surface area contributed by atoms with Crippen LogP contribution in [0.3, 0.4) is 0 Å². The summed E-state index contributed by atoms with van der Waals surface area (Å²) in [6, 6.07) is 0. The summed E-state index contributed by atoms with van der Waals surface area (Å²) in [5, 5.41) is 8.52. The standard InChI is InChI=1S/C18H36O2.C12H26O4S.2Mg.4H/c1-2-3-4-5-6-7-8-9-10-11-12-13-14-15-16-17-18(19)20;1-2-3-4-5-6-7-8-9-10-11-12-16-17(13,14)15;;;;;;/h2-17H2,1H3,(H,19,20);2-12H2,1H3,(H,13,14,15);;;;;;. The van der Waals surface area contributed by atoms with E-state index in [1.807, 2.05) is 0 Å². The van der Waals surface area contributed by atoms with E-state index in [9.17, 15) is 13.2 Å². The lowest BCUT2D eigenvalue weighted by Gasteiger charge is -2.03. The van der Waals surface area contributed by atoms with Gasteiger partial charge in [-0.3, -0.25) is 9.35 Å². The number of carboxylic acid groups (broad SMARTS) is 1. The summed E-state index contributed by atoms with van der Waals surface area (Å²) in [5.41, 5.74) is 0. The Kier molecular flexibility index (Phi) is 46.7. The fourth-order valence-electron chi connectivity index (χ4n) is 4.40. The summed E-state index contributed by atoms with van der Waals surface area (Å²) in [4.78, 5) is 10.3. The molecule has 0 aromatic rings. The molecular weight excluding hydrogens is 537 g/mol. The lowest BCUT2D eigenvalue weighted by molar-refractivity contribution is -0.137. The largest absolute Gasteiger partial charge is 0.481 e. The molecule has 0 aromatic carbocycles. The van der Waals surface area contributed by atoms with Crippen molar-refractivity contribution in [2.45, 2.75) is 181 Å². The van der Waals surface area contributed by atoms with Gasteiger partial charge in [0.2, 0.25) is 0 Å². The van der Waals surface area contributed by atoms with Gasteiger partial charge in [0.25, 0.3) is 0 Å². The molecule has 0 radical (unpaired) electrons. The molecule has 0 aliphatic carbocycles. The average molecular weight is 604 g/mol. The van der Waals surface area contributed by atoms with E-state index in [4.69, 9.17) is 9.66 Å². The van der Waals surface area contributed by atoms with E-state index in [-0.39, 0.29) is 52.7 Å². The fourth-order valence-corrected chi connectivity index (χ4v) is 4.73. The molecule has 0 aromatic heterocycles. The molecule has 0 amide bonds. The van der Waals surface area contributed by atoms with Crippen molar-refractivity contribution < 1.29 is 27.1 Å². The van der Waals surface area contributed by atoms with Crippen molar-refractivity contribution in [2.75, 3.05) is 6.61 Å². The van der Waals surface area contributed by atoms with Crippen LogP contribution in [-0.2, 0) is 19.4 Å². The predicted molar refractivity (Wildman–Crippen MR) is 174 cm³/mol.